The van der Waals surface area contributed by atoms with E-state index >= 15 is 0 Å². The standard InChI is InChI=1S/C19H33N3O5/c1-8-26-14(23)18(5,6)11-21-13-19(7)12-20(9-10-22(19)15(21)24)16(25)27-17(2,3)4/h8-13H2,1-7H3. The van der Waals surface area contributed by atoms with Crippen LogP contribution in [0.15, 0.2) is 0 Å². The zero-order valence-electron chi connectivity index (χ0n) is 17.6. The average molecular weight is 383 g/mol. The molecule has 0 aromatic carbocycles. The van der Waals surface area contributed by atoms with Gasteiger partial charge in [-0.1, -0.05) is 0 Å². The van der Waals surface area contributed by atoms with Crippen LogP contribution < -0.4 is 0 Å². The second kappa shape index (κ2) is 7.20. The Morgan fingerprint density at radius 3 is 2.30 bits per heavy atom. The largest absolute Gasteiger partial charge is 0.466 e. The fourth-order valence-corrected chi connectivity index (χ4v) is 3.65. The van der Waals surface area contributed by atoms with Gasteiger partial charge in [0, 0.05) is 32.7 Å². The van der Waals surface area contributed by atoms with Crippen LogP contribution >= 0.6 is 0 Å². The Kier molecular flexibility index (Phi) is 5.69. The van der Waals surface area contributed by atoms with Gasteiger partial charge in [-0.15, -0.1) is 0 Å². The zero-order valence-corrected chi connectivity index (χ0v) is 17.6. The van der Waals surface area contributed by atoms with Crippen molar-refractivity contribution in [1.82, 2.24) is 14.7 Å². The van der Waals surface area contributed by atoms with Gasteiger partial charge in [-0.3, -0.25) is 4.79 Å². The quantitative estimate of drug-likeness (QED) is 0.696. The van der Waals surface area contributed by atoms with Gasteiger partial charge in [-0.05, 0) is 48.5 Å². The highest BCUT2D eigenvalue weighted by Crippen LogP contribution is 2.33. The molecule has 0 aromatic heterocycles. The Morgan fingerprint density at radius 1 is 1.11 bits per heavy atom. The van der Waals surface area contributed by atoms with Crippen LogP contribution in [0, 0.1) is 5.41 Å². The van der Waals surface area contributed by atoms with Gasteiger partial charge in [0.05, 0.1) is 17.6 Å². The third-order valence-corrected chi connectivity index (χ3v) is 4.88. The third kappa shape index (κ3) is 4.65. The molecule has 27 heavy (non-hydrogen) atoms. The maximum Gasteiger partial charge on any atom is 0.410 e. The smallest absolute Gasteiger partial charge is 0.410 e. The summed E-state index contributed by atoms with van der Waals surface area (Å²) in [5.41, 5.74) is -1.85. The summed E-state index contributed by atoms with van der Waals surface area (Å²) in [4.78, 5) is 42.6. The van der Waals surface area contributed by atoms with Gasteiger partial charge in [-0.2, -0.15) is 0 Å². The maximum absolute atomic E-state index is 12.9. The van der Waals surface area contributed by atoms with E-state index < -0.39 is 16.6 Å². The Bertz CT molecular complexity index is 613. The number of esters is 1. The molecule has 8 heteroatoms. The molecule has 1 atom stereocenters. The first-order valence-electron chi connectivity index (χ1n) is 9.51. The van der Waals surface area contributed by atoms with Crippen molar-refractivity contribution in [3.63, 3.8) is 0 Å². The predicted molar refractivity (Wildman–Crippen MR) is 100 cm³/mol. The van der Waals surface area contributed by atoms with E-state index in [0.29, 0.717) is 32.8 Å². The molecule has 0 saturated carbocycles. The number of urea groups is 1. The van der Waals surface area contributed by atoms with Gasteiger partial charge in [0.1, 0.15) is 5.60 Å². The van der Waals surface area contributed by atoms with Crippen molar-refractivity contribution < 1.29 is 23.9 Å². The number of nitrogens with zero attached hydrogens (tertiary/aromatic N) is 3. The molecule has 0 spiro atoms. The minimum absolute atomic E-state index is 0.0984. The second-order valence-electron chi connectivity index (χ2n) is 9.29. The lowest BCUT2D eigenvalue weighted by Crippen LogP contribution is -2.61. The number of carbonyl (C=O) groups excluding carboxylic acids is 3. The monoisotopic (exact) mass is 383 g/mol. The molecule has 154 valence electrons. The number of carbonyl (C=O) groups is 3. The normalized spacial score (nSPS) is 23.4. The Morgan fingerprint density at radius 2 is 1.74 bits per heavy atom. The molecule has 0 aliphatic carbocycles. The molecular formula is C19H33N3O5. The van der Waals surface area contributed by atoms with Gasteiger partial charge in [0.25, 0.3) is 0 Å². The van der Waals surface area contributed by atoms with Crippen LogP contribution in [-0.2, 0) is 14.3 Å². The van der Waals surface area contributed by atoms with Crippen molar-refractivity contribution in [2.45, 2.75) is 59.6 Å². The highest BCUT2D eigenvalue weighted by molar-refractivity contribution is 5.81. The van der Waals surface area contributed by atoms with Crippen LogP contribution in [0.5, 0.6) is 0 Å². The summed E-state index contributed by atoms with van der Waals surface area (Å²) in [6, 6.07) is -0.0984. The van der Waals surface area contributed by atoms with Crippen molar-refractivity contribution in [3.8, 4) is 0 Å². The first-order chi connectivity index (χ1) is 12.3. The summed E-state index contributed by atoms with van der Waals surface area (Å²) in [6.45, 7) is 15.1. The SMILES string of the molecule is CCOC(=O)C(C)(C)CN1CC2(C)CN(C(=O)OC(C)(C)C)CCN2C1=O. The van der Waals surface area contributed by atoms with Crippen LogP contribution in [0.4, 0.5) is 9.59 Å². The van der Waals surface area contributed by atoms with Crippen molar-refractivity contribution in [2.24, 2.45) is 5.41 Å². The van der Waals surface area contributed by atoms with E-state index in [9.17, 15) is 14.4 Å². The lowest BCUT2D eigenvalue weighted by atomic mass is 9.92. The van der Waals surface area contributed by atoms with Crippen LogP contribution in [0.2, 0.25) is 0 Å². The molecule has 0 bridgehead atoms. The van der Waals surface area contributed by atoms with E-state index in [1.807, 2.05) is 27.7 Å². The predicted octanol–water partition coefficient (Wildman–Crippen LogP) is 2.32. The summed E-state index contributed by atoms with van der Waals surface area (Å²) in [5, 5.41) is 0. The van der Waals surface area contributed by atoms with Gasteiger partial charge >= 0.3 is 18.1 Å². The fourth-order valence-electron chi connectivity index (χ4n) is 3.65. The van der Waals surface area contributed by atoms with Gasteiger partial charge in [0.2, 0.25) is 0 Å². The van der Waals surface area contributed by atoms with E-state index in [1.54, 1.807) is 35.5 Å². The van der Waals surface area contributed by atoms with Crippen LogP contribution in [-0.4, -0.2) is 83.3 Å². The summed E-state index contributed by atoms with van der Waals surface area (Å²) in [6.07, 6.45) is -0.360. The molecule has 3 amide bonds. The molecule has 2 saturated heterocycles. The lowest BCUT2D eigenvalue weighted by Gasteiger charge is -2.43. The Balaban J connectivity index is 2.08. The number of hydrogen-bond acceptors (Lipinski definition) is 5. The topological polar surface area (TPSA) is 79.4 Å². The molecule has 2 aliphatic rings. The van der Waals surface area contributed by atoms with E-state index in [4.69, 9.17) is 9.47 Å². The van der Waals surface area contributed by atoms with Crippen molar-refractivity contribution in [2.75, 3.05) is 39.3 Å². The van der Waals surface area contributed by atoms with E-state index in [0.717, 1.165) is 0 Å². The summed E-state index contributed by atoms with van der Waals surface area (Å²) >= 11 is 0. The minimum Gasteiger partial charge on any atom is -0.466 e. The second-order valence-corrected chi connectivity index (χ2v) is 9.29. The summed E-state index contributed by atoms with van der Waals surface area (Å²) < 4.78 is 10.6. The molecule has 2 rings (SSSR count). The van der Waals surface area contributed by atoms with Crippen LogP contribution in [0.3, 0.4) is 0 Å². The molecule has 2 fully saturated rings. The fraction of sp³-hybridized carbons (Fsp3) is 0.842. The molecule has 2 aliphatic heterocycles. The number of rotatable bonds is 4. The maximum atomic E-state index is 12.9. The van der Waals surface area contributed by atoms with E-state index in [1.165, 1.54) is 0 Å². The van der Waals surface area contributed by atoms with Crippen molar-refractivity contribution in [1.29, 1.82) is 0 Å². The molecular weight excluding hydrogens is 350 g/mol. The molecule has 0 N–H and O–H groups in total. The molecule has 2 heterocycles. The minimum atomic E-state index is -0.790. The van der Waals surface area contributed by atoms with Gasteiger partial charge in [0.15, 0.2) is 0 Å². The number of fused-ring (bicyclic) bond motifs is 1. The summed E-state index contributed by atoms with van der Waals surface area (Å²) in [7, 11) is 0. The van der Waals surface area contributed by atoms with Crippen molar-refractivity contribution in [3.05, 3.63) is 0 Å². The molecule has 0 radical (unpaired) electrons. The van der Waals surface area contributed by atoms with Gasteiger partial charge in [-0.25, -0.2) is 9.59 Å². The third-order valence-electron chi connectivity index (χ3n) is 4.88. The van der Waals surface area contributed by atoms with Crippen LogP contribution in [0.25, 0.3) is 0 Å². The highest BCUT2D eigenvalue weighted by atomic mass is 16.6. The Labute approximate surface area is 161 Å². The summed E-state index contributed by atoms with van der Waals surface area (Å²) in [5.74, 6) is -0.316. The van der Waals surface area contributed by atoms with Crippen LogP contribution in [0.1, 0.15) is 48.5 Å². The first-order valence-corrected chi connectivity index (χ1v) is 9.51. The van der Waals surface area contributed by atoms with Gasteiger partial charge < -0.3 is 24.2 Å². The zero-order chi connectivity index (χ0) is 20.6. The average Bonchev–Trinajstić information content (AvgIpc) is 2.75. The molecule has 1 unspecified atom stereocenters. The number of hydrogen-bond donors (Lipinski definition) is 0. The Hall–Kier alpha value is -1.99. The van der Waals surface area contributed by atoms with E-state index in [2.05, 4.69) is 0 Å². The molecule has 8 nitrogen and oxygen atoms in total. The number of piperazine rings is 1. The lowest BCUT2D eigenvalue weighted by molar-refractivity contribution is -0.154. The highest BCUT2D eigenvalue weighted by Gasteiger charge is 2.52. The van der Waals surface area contributed by atoms with Crippen molar-refractivity contribution >= 4 is 18.1 Å². The number of amides is 3. The molecule has 0 aromatic rings. The van der Waals surface area contributed by atoms with E-state index in [-0.39, 0.29) is 24.6 Å². The first kappa shape index (κ1) is 21.3. The number of ether oxygens (including phenoxy) is 2.